The summed E-state index contributed by atoms with van der Waals surface area (Å²) >= 11 is 0. The van der Waals surface area contributed by atoms with Gasteiger partial charge in [-0.25, -0.2) is 0 Å². The van der Waals surface area contributed by atoms with Crippen molar-refractivity contribution in [1.82, 2.24) is 9.80 Å². The summed E-state index contributed by atoms with van der Waals surface area (Å²) in [7, 11) is 0. The average Bonchev–Trinajstić information content (AvgIpc) is 3.25. The Balaban J connectivity index is 4.58. The molecule has 1 N–H and O–H groups in total. The number of unbranched alkanes of at least 4 members (excludes halogenated alkanes) is 25. The van der Waals surface area contributed by atoms with Gasteiger partial charge in [-0.05, 0) is 90.5 Å². The largest absolute Gasteiger partial charge is 0.466 e. The second-order valence-electron chi connectivity index (χ2n) is 17.9. The van der Waals surface area contributed by atoms with Crippen LogP contribution in [0.15, 0.2) is 0 Å². The Labute approximate surface area is 377 Å². The zero-order valence-electron chi connectivity index (χ0n) is 40.8. The first-order chi connectivity index (χ1) is 30.0. The Bertz CT molecular complexity index is 893. The first kappa shape index (κ1) is 59.3. The van der Waals surface area contributed by atoms with Crippen molar-refractivity contribution < 1.29 is 33.7 Å². The van der Waals surface area contributed by atoms with Crippen LogP contribution in [0, 0.1) is 0 Å². The molecule has 0 aromatic carbocycles. The van der Waals surface area contributed by atoms with Gasteiger partial charge < -0.3 is 29.1 Å². The Hall–Kier alpha value is -1.71. The van der Waals surface area contributed by atoms with E-state index in [2.05, 4.69) is 30.6 Å². The zero-order chi connectivity index (χ0) is 44.5. The van der Waals surface area contributed by atoms with Gasteiger partial charge in [0.1, 0.15) is 0 Å². The number of rotatable bonds is 50. The maximum atomic E-state index is 12.5. The molecular formula is C52H102N2O7. The van der Waals surface area contributed by atoms with Gasteiger partial charge in [-0.3, -0.25) is 14.4 Å². The minimum atomic E-state index is -0.105. The third kappa shape index (κ3) is 46.1. The van der Waals surface area contributed by atoms with Gasteiger partial charge in [-0.2, -0.15) is 0 Å². The van der Waals surface area contributed by atoms with Crippen LogP contribution in [0.1, 0.15) is 252 Å². The summed E-state index contributed by atoms with van der Waals surface area (Å²) < 4.78 is 16.7. The van der Waals surface area contributed by atoms with E-state index in [1.165, 1.54) is 135 Å². The van der Waals surface area contributed by atoms with E-state index >= 15 is 0 Å². The summed E-state index contributed by atoms with van der Waals surface area (Å²) in [6.45, 7) is 13.5. The van der Waals surface area contributed by atoms with Crippen LogP contribution in [0.4, 0.5) is 0 Å². The van der Waals surface area contributed by atoms with Crippen molar-refractivity contribution in [3.63, 3.8) is 0 Å². The van der Waals surface area contributed by atoms with E-state index < -0.39 is 0 Å². The van der Waals surface area contributed by atoms with Crippen LogP contribution in [0.25, 0.3) is 0 Å². The zero-order valence-corrected chi connectivity index (χ0v) is 40.8. The smallest absolute Gasteiger partial charge is 0.305 e. The monoisotopic (exact) mass is 867 g/mol. The molecule has 0 aliphatic rings. The van der Waals surface area contributed by atoms with Gasteiger partial charge in [-0.1, -0.05) is 175 Å². The average molecular weight is 867 g/mol. The fourth-order valence-electron chi connectivity index (χ4n) is 7.99. The molecule has 0 amide bonds. The SMILES string of the molecule is CCCCCCCCCCCOC(=O)CCCN(CCCO)CCCCN(CCCC(=O)OCCCCCCCCCCC)CCCC(=O)OCCCCCCCCCCC. The Morgan fingerprint density at radius 3 is 0.803 bits per heavy atom. The molecule has 0 aliphatic carbocycles. The van der Waals surface area contributed by atoms with E-state index in [1.54, 1.807) is 0 Å². The van der Waals surface area contributed by atoms with Crippen LogP contribution in [-0.2, 0) is 28.6 Å². The number of aliphatic hydroxyl groups is 1. The van der Waals surface area contributed by atoms with Crippen molar-refractivity contribution >= 4 is 17.9 Å². The predicted molar refractivity (Wildman–Crippen MR) is 256 cm³/mol. The summed E-state index contributed by atoms with van der Waals surface area (Å²) in [5.74, 6) is -0.310. The van der Waals surface area contributed by atoms with Crippen LogP contribution >= 0.6 is 0 Å². The minimum absolute atomic E-state index is 0.0999. The molecule has 0 spiro atoms. The molecule has 362 valence electrons. The van der Waals surface area contributed by atoms with Crippen molar-refractivity contribution in [2.24, 2.45) is 0 Å². The third-order valence-corrected chi connectivity index (χ3v) is 11.9. The molecule has 0 bridgehead atoms. The van der Waals surface area contributed by atoms with Crippen molar-refractivity contribution in [3.8, 4) is 0 Å². The number of ether oxygens (including phenoxy) is 3. The first-order valence-corrected chi connectivity index (χ1v) is 26.5. The highest BCUT2D eigenvalue weighted by atomic mass is 16.5. The van der Waals surface area contributed by atoms with Crippen LogP contribution in [0.3, 0.4) is 0 Å². The Morgan fingerprint density at radius 2 is 0.541 bits per heavy atom. The lowest BCUT2D eigenvalue weighted by Crippen LogP contribution is -2.31. The van der Waals surface area contributed by atoms with E-state index in [-0.39, 0.29) is 24.5 Å². The van der Waals surface area contributed by atoms with Crippen LogP contribution < -0.4 is 0 Å². The summed E-state index contributed by atoms with van der Waals surface area (Å²) in [5, 5.41) is 9.51. The molecule has 0 heterocycles. The molecular weight excluding hydrogens is 765 g/mol. The second kappa shape index (κ2) is 49.3. The molecule has 0 aromatic rings. The highest BCUT2D eigenvalue weighted by Crippen LogP contribution is 2.13. The normalized spacial score (nSPS) is 11.5. The van der Waals surface area contributed by atoms with Gasteiger partial charge in [0, 0.05) is 32.4 Å². The Morgan fingerprint density at radius 1 is 0.311 bits per heavy atom. The molecule has 0 rings (SSSR count). The number of carbonyl (C=O) groups is 3. The number of nitrogens with zero attached hydrogens (tertiary/aromatic N) is 2. The summed E-state index contributed by atoms with van der Waals surface area (Å²) in [4.78, 5) is 42.2. The number of hydrogen-bond donors (Lipinski definition) is 1. The highest BCUT2D eigenvalue weighted by molar-refractivity contribution is 5.70. The molecule has 0 saturated carbocycles. The minimum Gasteiger partial charge on any atom is -0.466 e. The molecule has 0 aliphatic heterocycles. The molecule has 0 unspecified atom stereocenters. The van der Waals surface area contributed by atoms with Gasteiger partial charge in [0.05, 0.1) is 19.8 Å². The lowest BCUT2D eigenvalue weighted by molar-refractivity contribution is -0.145. The predicted octanol–water partition coefficient (Wildman–Crippen LogP) is 13.3. The lowest BCUT2D eigenvalue weighted by atomic mass is 10.1. The number of esters is 3. The molecule has 0 radical (unpaired) electrons. The first-order valence-electron chi connectivity index (χ1n) is 26.5. The maximum absolute atomic E-state index is 12.5. The maximum Gasteiger partial charge on any atom is 0.305 e. The van der Waals surface area contributed by atoms with Gasteiger partial charge in [0.2, 0.25) is 0 Å². The summed E-state index contributed by atoms with van der Waals surface area (Å²) in [5.41, 5.74) is 0. The molecule has 0 aromatic heterocycles. The van der Waals surface area contributed by atoms with Gasteiger partial charge in [0.15, 0.2) is 0 Å². The molecule has 9 nitrogen and oxygen atoms in total. The fraction of sp³-hybridized carbons (Fsp3) is 0.942. The molecule has 0 atom stereocenters. The van der Waals surface area contributed by atoms with Crippen LogP contribution in [-0.4, -0.2) is 98.5 Å². The van der Waals surface area contributed by atoms with Crippen molar-refractivity contribution in [1.29, 1.82) is 0 Å². The van der Waals surface area contributed by atoms with Gasteiger partial charge >= 0.3 is 17.9 Å². The fourth-order valence-corrected chi connectivity index (χ4v) is 7.99. The van der Waals surface area contributed by atoms with Crippen LogP contribution in [0.2, 0.25) is 0 Å². The van der Waals surface area contributed by atoms with Gasteiger partial charge in [-0.15, -0.1) is 0 Å². The van der Waals surface area contributed by atoms with E-state index in [9.17, 15) is 19.5 Å². The van der Waals surface area contributed by atoms with E-state index in [4.69, 9.17) is 14.2 Å². The van der Waals surface area contributed by atoms with E-state index in [0.717, 1.165) is 116 Å². The quantitative estimate of drug-likeness (QED) is 0.0363. The topological polar surface area (TPSA) is 106 Å². The van der Waals surface area contributed by atoms with E-state index in [1.807, 2.05) is 0 Å². The number of carbonyl (C=O) groups excluding carboxylic acids is 3. The lowest BCUT2D eigenvalue weighted by Gasteiger charge is -2.24. The molecule has 0 fully saturated rings. The van der Waals surface area contributed by atoms with Crippen molar-refractivity contribution in [3.05, 3.63) is 0 Å². The van der Waals surface area contributed by atoms with Crippen LogP contribution in [0.5, 0.6) is 0 Å². The molecule has 0 saturated heterocycles. The molecule has 61 heavy (non-hydrogen) atoms. The molecule has 9 heteroatoms. The standard InChI is InChI=1S/C52H102N2O7/c1-4-7-10-13-16-19-22-25-30-47-59-50(56)37-33-42-53(43-34-38-51(57)60-48-31-26-23-20-17-14-11-8-5-2)40-28-29-41-54(45-36-46-55)44-35-39-52(58)61-49-32-27-24-21-18-15-12-9-6-3/h55H,4-49H2,1-3H3. The van der Waals surface area contributed by atoms with Crippen molar-refractivity contribution in [2.75, 3.05) is 65.7 Å². The Kier molecular flexibility index (Phi) is 47.9. The number of aliphatic hydroxyl groups excluding tert-OH is 1. The summed E-state index contributed by atoms with van der Waals surface area (Å²) in [6, 6.07) is 0. The number of hydrogen-bond acceptors (Lipinski definition) is 9. The second-order valence-corrected chi connectivity index (χ2v) is 17.9. The van der Waals surface area contributed by atoms with Crippen molar-refractivity contribution in [2.45, 2.75) is 252 Å². The van der Waals surface area contributed by atoms with E-state index in [0.29, 0.717) is 39.1 Å². The highest BCUT2D eigenvalue weighted by Gasteiger charge is 2.12. The van der Waals surface area contributed by atoms with Gasteiger partial charge in [0.25, 0.3) is 0 Å². The third-order valence-electron chi connectivity index (χ3n) is 11.9. The summed E-state index contributed by atoms with van der Waals surface area (Å²) in [6.07, 6.45) is 39.9.